The number of aromatic nitrogens is 4. The standard InChI is InChI=1S/C22H24F2N6O2/c23-22(24)10-16(12-29-13-19(26-27-29)21(32)28-7-3-4-8-28)30(14-22)20(31)9-15-11-25-18-6-2-1-5-17(15)18/h1-2,5-6,11,13,16,25H,3-4,7-10,12,14H2/t16-/m0/s1. The molecule has 3 aromatic rings. The number of likely N-dealkylation sites (tertiary alicyclic amines) is 2. The minimum Gasteiger partial charge on any atom is -0.361 e. The summed E-state index contributed by atoms with van der Waals surface area (Å²) in [5, 5.41) is 8.80. The Morgan fingerprint density at radius 3 is 2.78 bits per heavy atom. The van der Waals surface area contributed by atoms with Crippen LogP contribution in [0.2, 0.25) is 0 Å². The SMILES string of the molecule is O=C(c1cn(C[C@@H]2CC(F)(F)CN2C(=O)Cc2c[nH]c3ccccc23)nn1)N1CCCC1. The van der Waals surface area contributed by atoms with Crippen molar-refractivity contribution >= 4 is 22.7 Å². The van der Waals surface area contributed by atoms with E-state index in [2.05, 4.69) is 15.3 Å². The van der Waals surface area contributed by atoms with Crippen LogP contribution in [0.3, 0.4) is 0 Å². The molecule has 2 aromatic heterocycles. The van der Waals surface area contributed by atoms with Crippen LogP contribution in [0, 0.1) is 0 Å². The van der Waals surface area contributed by atoms with Gasteiger partial charge in [-0.2, -0.15) is 0 Å². The molecular formula is C22H24F2N6O2. The lowest BCUT2D eigenvalue weighted by atomic mass is 10.1. The zero-order valence-electron chi connectivity index (χ0n) is 17.5. The number of alkyl halides is 2. The van der Waals surface area contributed by atoms with Gasteiger partial charge in [-0.1, -0.05) is 23.4 Å². The molecule has 2 aliphatic heterocycles. The minimum absolute atomic E-state index is 0.0344. The van der Waals surface area contributed by atoms with Crippen LogP contribution in [0.5, 0.6) is 0 Å². The van der Waals surface area contributed by atoms with Crippen LogP contribution >= 0.6 is 0 Å². The third-order valence-corrected chi connectivity index (χ3v) is 6.26. The number of aromatic amines is 1. The second kappa shape index (κ2) is 7.99. The molecule has 2 amide bonds. The van der Waals surface area contributed by atoms with Crippen molar-refractivity contribution in [3.8, 4) is 0 Å². The molecule has 10 heteroatoms. The van der Waals surface area contributed by atoms with Crippen LogP contribution in [0.1, 0.15) is 35.3 Å². The zero-order chi connectivity index (χ0) is 22.3. The third kappa shape index (κ3) is 3.96. The number of hydrogen-bond acceptors (Lipinski definition) is 4. The van der Waals surface area contributed by atoms with Crippen molar-refractivity contribution in [1.29, 1.82) is 0 Å². The quantitative estimate of drug-likeness (QED) is 0.658. The van der Waals surface area contributed by atoms with E-state index in [0.717, 1.165) is 29.3 Å². The van der Waals surface area contributed by atoms with E-state index in [0.29, 0.717) is 13.1 Å². The van der Waals surface area contributed by atoms with Gasteiger partial charge in [-0.3, -0.25) is 9.59 Å². The van der Waals surface area contributed by atoms with E-state index < -0.39 is 24.9 Å². The normalized spacial score (nSPS) is 20.4. The first-order valence-electron chi connectivity index (χ1n) is 10.8. The summed E-state index contributed by atoms with van der Waals surface area (Å²) in [4.78, 5) is 31.6. The predicted octanol–water partition coefficient (Wildman–Crippen LogP) is 2.47. The number of benzene rings is 1. The molecule has 32 heavy (non-hydrogen) atoms. The van der Waals surface area contributed by atoms with E-state index >= 15 is 0 Å². The fraction of sp³-hybridized carbons (Fsp3) is 0.455. The molecule has 5 rings (SSSR count). The van der Waals surface area contributed by atoms with Crippen molar-refractivity contribution in [2.75, 3.05) is 19.6 Å². The van der Waals surface area contributed by atoms with Gasteiger partial charge >= 0.3 is 0 Å². The fourth-order valence-electron chi connectivity index (χ4n) is 4.68. The maximum Gasteiger partial charge on any atom is 0.276 e. The smallest absolute Gasteiger partial charge is 0.276 e. The molecule has 8 nitrogen and oxygen atoms in total. The molecule has 2 fully saturated rings. The first-order chi connectivity index (χ1) is 15.4. The molecule has 4 heterocycles. The highest BCUT2D eigenvalue weighted by molar-refractivity contribution is 5.92. The van der Waals surface area contributed by atoms with Crippen LogP contribution in [-0.4, -0.2) is 73.2 Å². The first kappa shape index (κ1) is 20.6. The Bertz CT molecular complexity index is 1150. The van der Waals surface area contributed by atoms with Crippen molar-refractivity contribution < 1.29 is 18.4 Å². The number of para-hydroxylation sites is 1. The summed E-state index contributed by atoms with van der Waals surface area (Å²) in [6.45, 7) is 0.829. The Labute approximate surface area is 183 Å². The number of rotatable bonds is 5. The molecule has 2 saturated heterocycles. The van der Waals surface area contributed by atoms with Crippen molar-refractivity contribution in [2.24, 2.45) is 0 Å². The Kier molecular flexibility index (Phi) is 5.15. The van der Waals surface area contributed by atoms with E-state index in [9.17, 15) is 18.4 Å². The van der Waals surface area contributed by atoms with Gasteiger partial charge < -0.3 is 14.8 Å². The number of carbonyl (C=O) groups excluding carboxylic acids is 2. The van der Waals surface area contributed by atoms with Gasteiger partial charge in [0.15, 0.2) is 5.69 Å². The highest BCUT2D eigenvalue weighted by Crippen LogP contribution is 2.33. The van der Waals surface area contributed by atoms with Gasteiger partial charge in [0.1, 0.15) is 0 Å². The lowest BCUT2D eigenvalue weighted by Crippen LogP contribution is -2.39. The highest BCUT2D eigenvalue weighted by Gasteiger charge is 2.47. The van der Waals surface area contributed by atoms with Crippen LogP contribution in [0.25, 0.3) is 10.9 Å². The van der Waals surface area contributed by atoms with Crippen LogP contribution < -0.4 is 0 Å². The maximum absolute atomic E-state index is 14.3. The van der Waals surface area contributed by atoms with Crippen molar-refractivity contribution in [3.05, 3.63) is 47.9 Å². The van der Waals surface area contributed by atoms with Gasteiger partial charge in [-0.25, -0.2) is 13.5 Å². The average Bonchev–Trinajstić information content (AvgIpc) is 3.55. The summed E-state index contributed by atoms with van der Waals surface area (Å²) in [6.07, 6.45) is 4.75. The molecule has 0 unspecified atom stereocenters. The summed E-state index contributed by atoms with van der Waals surface area (Å²) < 4.78 is 29.9. The fourth-order valence-corrected chi connectivity index (χ4v) is 4.68. The van der Waals surface area contributed by atoms with E-state index in [-0.39, 0.29) is 30.5 Å². The summed E-state index contributed by atoms with van der Waals surface area (Å²) in [7, 11) is 0. The van der Waals surface area contributed by atoms with Gasteiger partial charge in [0, 0.05) is 36.6 Å². The van der Waals surface area contributed by atoms with Gasteiger partial charge in [0.2, 0.25) is 5.91 Å². The lowest BCUT2D eigenvalue weighted by Gasteiger charge is -2.23. The second-order valence-corrected chi connectivity index (χ2v) is 8.60. The van der Waals surface area contributed by atoms with Gasteiger partial charge in [-0.15, -0.1) is 5.10 Å². The molecule has 168 valence electrons. The Morgan fingerprint density at radius 2 is 1.97 bits per heavy atom. The van der Waals surface area contributed by atoms with Crippen LogP contribution in [-0.2, 0) is 17.8 Å². The van der Waals surface area contributed by atoms with Crippen molar-refractivity contribution in [3.63, 3.8) is 0 Å². The molecule has 0 radical (unpaired) electrons. The number of nitrogens with one attached hydrogen (secondary N) is 1. The van der Waals surface area contributed by atoms with Gasteiger partial charge in [0.25, 0.3) is 11.8 Å². The highest BCUT2D eigenvalue weighted by atomic mass is 19.3. The third-order valence-electron chi connectivity index (χ3n) is 6.26. The predicted molar refractivity (Wildman–Crippen MR) is 112 cm³/mol. The van der Waals surface area contributed by atoms with Crippen LogP contribution in [0.15, 0.2) is 36.7 Å². The van der Waals surface area contributed by atoms with E-state index in [1.165, 1.54) is 15.8 Å². The number of hydrogen-bond donors (Lipinski definition) is 1. The molecule has 0 spiro atoms. The number of H-pyrrole nitrogens is 1. The number of carbonyl (C=O) groups is 2. The molecule has 0 aliphatic carbocycles. The average molecular weight is 442 g/mol. The Morgan fingerprint density at radius 1 is 1.19 bits per heavy atom. The number of fused-ring (bicyclic) bond motifs is 1. The maximum atomic E-state index is 14.3. The first-order valence-corrected chi connectivity index (χ1v) is 10.8. The molecular weight excluding hydrogens is 418 g/mol. The van der Waals surface area contributed by atoms with Gasteiger partial charge in [-0.05, 0) is 24.5 Å². The van der Waals surface area contributed by atoms with Gasteiger partial charge in [0.05, 0.1) is 31.7 Å². The van der Waals surface area contributed by atoms with E-state index in [4.69, 9.17) is 0 Å². The molecule has 2 aliphatic rings. The number of amides is 2. The number of halogens is 2. The summed E-state index contributed by atoms with van der Waals surface area (Å²) in [5.41, 5.74) is 1.88. The molecule has 1 N–H and O–H groups in total. The Hall–Kier alpha value is -3.30. The Balaban J connectivity index is 1.30. The minimum atomic E-state index is -2.96. The lowest BCUT2D eigenvalue weighted by molar-refractivity contribution is -0.132. The van der Waals surface area contributed by atoms with E-state index in [1.807, 2.05) is 24.3 Å². The van der Waals surface area contributed by atoms with Crippen molar-refractivity contribution in [1.82, 2.24) is 29.8 Å². The molecule has 0 bridgehead atoms. The molecule has 1 atom stereocenters. The van der Waals surface area contributed by atoms with Crippen LogP contribution in [0.4, 0.5) is 8.78 Å². The molecule has 0 saturated carbocycles. The summed E-state index contributed by atoms with van der Waals surface area (Å²) in [5.74, 6) is -3.52. The second-order valence-electron chi connectivity index (χ2n) is 8.60. The largest absolute Gasteiger partial charge is 0.361 e. The van der Waals surface area contributed by atoms with E-state index in [1.54, 1.807) is 11.1 Å². The topological polar surface area (TPSA) is 87.1 Å². The zero-order valence-corrected chi connectivity index (χ0v) is 17.5. The monoisotopic (exact) mass is 442 g/mol. The molecule has 1 aromatic carbocycles. The summed E-state index contributed by atoms with van der Waals surface area (Å²) >= 11 is 0. The number of nitrogens with zero attached hydrogens (tertiary/aromatic N) is 5. The summed E-state index contributed by atoms with van der Waals surface area (Å²) in [6, 6.07) is 6.85. The van der Waals surface area contributed by atoms with Crippen molar-refractivity contribution in [2.45, 2.75) is 44.2 Å².